The summed E-state index contributed by atoms with van der Waals surface area (Å²) >= 11 is 5.85. The Hall–Kier alpha value is -2.74. The van der Waals surface area contributed by atoms with Gasteiger partial charge in [-0.05, 0) is 37.0 Å². The zero-order valence-electron chi connectivity index (χ0n) is 16.2. The van der Waals surface area contributed by atoms with Crippen molar-refractivity contribution in [3.63, 3.8) is 0 Å². The van der Waals surface area contributed by atoms with Crippen LogP contribution in [0.1, 0.15) is 38.2 Å². The molecule has 2 rings (SSSR count). The molecule has 1 aliphatic heterocycles. The molecule has 3 N–H and O–H groups in total. The highest BCUT2D eigenvalue weighted by Crippen LogP contribution is 2.18. The van der Waals surface area contributed by atoms with Gasteiger partial charge >= 0.3 is 0 Å². The van der Waals surface area contributed by atoms with E-state index in [0.717, 1.165) is 12.0 Å². The molecule has 1 aliphatic rings. The third kappa shape index (κ3) is 6.67. The summed E-state index contributed by atoms with van der Waals surface area (Å²) in [5.74, 6) is -1.46. The van der Waals surface area contributed by atoms with Gasteiger partial charge in [-0.3, -0.25) is 19.2 Å². The Morgan fingerprint density at radius 2 is 1.97 bits per heavy atom. The van der Waals surface area contributed by atoms with E-state index < -0.39 is 29.7 Å². The molecule has 8 nitrogen and oxygen atoms in total. The molecule has 156 valence electrons. The van der Waals surface area contributed by atoms with E-state index in [0.29, 0.717) is 24.2 Å². The number of hydrogen-bond donors (Lipinski definition) is 3. The van der Waals surface area contributed by atoms with E-state index in [1.807, 2.05) is 0 Å². The molecule has 29 heavy (non-hydrogen) atoms. The molecule has 1 aromatic carbocycles. The second-order valence-corrected chi connectivity index (χ2v) is 7.36. The van der Waals surface area contributed by atoms with Crippen LogP contribution in [0.2, 0.25) is 5.02 Å². The van der Waals surface area contributed by atoms with Gasteiger partial charge in [0.05, 0.1) is 6.21 Å². The number of rotatable bonds is 9. The Morgan fingerprint density at radius 1 is 1.28 bits per heavy atom. The van der Waals surface area contributed by atoms with Crippen molar-refractivity contribution in [3.05, 3.63) is 34.9 Å². The summed E-state index contributed by atoms with van der Waals surface area (Å²) < 4.78 is 0. The van der Waals surface area contributed by atoms with Crippen molar-refractivity contribution in [3.8, 4) is 0 Å². The van der Waals surface area contributed by atoms with Crippen molar-refractivity contribution in [2.45, 2.75) is 51.2 Å². The number of Topliss-reactive ketones (excluding diaryl/α,β-unsaturated/α-hetero) is 1. The summed E-state index contributed by atoms with van der Waals surface area (Å²) in [7, 11) is 0. The zero-order valence-corrected chi connectivity index (χ0v) is 17.0. The van der Waals surface area contributed by atoms with Crippen LogP contribution in [-0.4, -0.2) is 53.2 Å². The first-order valence-corrected chi connectivity index (χ1v) is 9.82. The highest BCUT2D eigenvalue weighted by atomic mass is 35.5. The summed E-state index contributed by atoms with van der Waals surface area (Å²) in [6, 6.07) is 5.42. The lowest BCUT2D eigenvalue weighted by atomic mass is 10.1. The fraction of sp³-hybridized carbons (Fsp3) is 0.450. The molecule has 0 spiro atoms. The first-order chi connectivity index (χ1) is 13.8. The maximum absolute atomic E-state index is 12.7. The highest BCUT2D eigenvalue weighted by molar-refractivity contribution is 6.30. The average molecular weight is 421 g/mol. The molecule has 2 atom stereocenters. The van der Waals surface area contributed by atoms with Gasteiger partial charge in [0.2, 0.25) is 17.7 Å². The van der Waals surface area contributed by atoms with Crippen molar-refractivity contribution in [2.75, 3.05) is 6.54 Å². The van der Waals surface area contributed by atoms with Gasteiger partial charge in [0.25, 0.3) is 0 Å². The van der Waals surface area contributed by atoms with E-state index in [9.17, 15) is 19.2 Å². The Balaban J connectivity index is 2.02. The predicted molar refractivity (Wildman–Crippen MR) is 109 cm³/mol. The molecule has 1 saturated heterocycles. The van der Waals surface area contributed by atoms with Gasteiger partial charge in [0.1, 0.15) is 12.1 Å². The van der Waals surface area contributed by atoms with Gasteiger partial charge in [-0.1, -0.05) is 23.7 Å². The van der Waals surface area contributed by atoms with Crippen LogP contribution in [0.3, 0.4) is 0 Å². The smallest absolute Gasteiger partial charge is 0.243 e. The fourth-order valence-corrected chi connectivity index (χ4v) is 3.35. The zero-order chi connectivity index (χ0) is 21.4. The lowest BCUT2D eigenvalue weighted by Crippen LogP contribution is -2.52. The first kappa shape index (κ1) is 22.5. The largest absolute Gasteiger partial charge is 0.350 e. The summed E-state index contributed by atoms with van der Waals surface area (Å²) in [5, 5.41) is 13.0. The standard InChI is InChI=1S/C20H25ClN4O4/c1-13(26)25-10-2-3-18(25)20(29)24-17(9-8-16(27)11-22)19(28)23-12-14-4-6-15(21)7-5-14/h4-7,11,17-18,22H,2-3,8-10,12H2,1H3,(H,23,28)(H,24,29)/t17-,18-/m0/s1. The summed E-state index contributed by atoms with van der Waals surface area (Å²) in [6.07, 6.45) is 1.98. The molecule has 0 aliphatic carbocycles. The molecule has 0 radical (unpaired) electrons. The van der Waals surface area contributed by atoms with Gasteiger partial charge < -0.3 is 20.9 Å². The number of carbonyl (C=O) groups is 4. The quantitative estimate of drug-likeness (QED) is 0.523. The number of nitrogens with zero attached hydrogens (tertiary/aromatic N) is 1. The number of amides is 3. The van der Waals surface area contributed by atoms with Crippen LogP contribution in [0.25, 0.3) is 0 Å². The molecule has 1 heterocycles. The Bertz CT molecular complexity index is 781. The van der Waals surface area contributed by atoms with Gasteiger partial charge in [0.15, 0.2) is 5.78 Å². The third-order valence-corrected chi connectivity index (χ3v) is 5.07. The number of ketones is 1. The summed E-state index contributed by atoms with van der Waals surface area (Å²) in [6.45, 7) is 2.15. The third-order valence-electron chi connectivity index (χ3n) is 4.81. The maximum Gasteiger partial charge on any atom is 0.243 e. The number of carbonyl (C=O) groups excluding carboxylic acids is 4. The number of nitrogens with one attached hydrogen (secondary N) is 3. The SMILES string of the molecule is CC(=O)N1CCC[C@H]1C(=O)N[C@@H](CCC(=O)C=N)C(=O)NCc1ccc(Cl)cc1. The first-order valence-electron chi connectivity index (χ1n) is 9.45. The van der Waals surface area contributed by atoms with E-state index in [1.165, 1.54) is 11.8 Å². The van der Waals surface area contributed by atoms with Gasteiger partial charge in [0, 0.05) is 31.5 Å². The molecule has 0 aromatic heterocycles. The molecule has 0 bridgehead atoms. The molecule has 1 fully saturated rings. The van der Waals surface area contributed by atoms with Crippen LogP contribution in [0.5, 0.6) is 0 Å². The molecule has 9 heteroatoms. The van der Waals surface area contributed by atoms with Crippen molar-refractivity contribution in [1.82, 2.24) is 15.5 Å². The van der Waals surface area contributed by atoms with Crippen molar-refractivity contribution in [2.24, 2.45) is 0 Å². The van der Waals surface area contributed by atoms with E-state index in [1.54, 1.807) is 24.3 Å². The monoisotopic (exact) mass is 420 g/mol. The molecule has 0 unspecified atom stereocenters. The van der Waals surface area contributed by atoms with Crippen LogP contribution in [0, 0.1) is 5.41 Å². The van der Waals surface area contributed by atoms with Crippen LogP contribution in [0.4, 0.5) is 0 Å². The minimum Gasteiger partial charge on any atom is -0.350 e. The van der Waals surface area contributed by atoms with E-state index in [2.05, 4.69) is 10.6 Å². The van der Waals surface area contributed by atoms with Crippen molar-refractivity contribution < 1.29 is 19.2 Å². The van der Waals surface area contributed by atoms with E-state index >= 15 is 0 Å². The van der Waals surface area contributed by atoms with Crippen LogP contribution >= 0.6 is 11.6 Å². The summed E-state index contributed by atoms with van der Waals surface area (Å²) in [4.78, 5) is 50.0. The maximum atomic E-state index is 12.7. The lowest BCUT2D eigenvalue weighted by Gasteiger charge is -2.25. The number of benzene rings is 1. The molecule has 0 saturated carbocycles. The number of likely N-dealkylation sites (tertiary alicyclic amines) is 1. The number of hydrogen-bond acceptors (Lipinski definition) is 5. The lowest BCUT2D eigenvalue weighted by molar-refractivity contribution is -0.138. The van der Waals surface area contributed by atoms with Crippen LogP contribution in [0.15, 0.2) is 24.3 Å². The van der Waals surface area contributed by atoms with E-state index in [4.69, 9.17) is 17.0 Å². The molecular weight excluding hydrogens is 396 g/mol. The molecular formula is C20H25ClN4O4. The van der Waals surface area contributed by atoms with Crippen LogP contribution < -0.4 is 10.6 Å². The number of halogens is 1. The van der Waals surface area contributed by atoms with Crippen molar-refractivity contribution >= 4 is 41.3 Å². The Labute approximate surface area is 174 Å². The topological polar surface area (TPSA) is 119 Å². The normalized spacial score (nSPS) is 16.8. The van der Waals surface area contributed by atoms with Crippen molar-refractivity contribution in [1.29, 1.82) is 5.41 Å². The van der Waals surface area contributed by atoms with Gasteiger partial charge in [-0.25, -0.2) is 0 Å². The molecule has 1 aromatic rings. The summed E-state index contributed by atoms with van der Waals surface area (Å²) in [5.41, 5.74) is 0.835. The molecule has 3 amide bonds. The Kier molecular flexibility index (Phi) is 8.33. The second-order valence-electron chi connectivity index (χ2n) is 6.93. The average Bonchev–Trinajstić information content (AvgIpc) is 3.20. The second kappa shape index (κ2) is 10.7. The van der Waals surface area contributed by atoms with Gasteiger partial charge in [-0.2, -0.15) is 0 Å². The van der Waals surface area contributed by atoms with Gasteiger partial charge in [-0.15, -0.1) is 0 Å². The predicted octanol–water partition coefficient (Wildman–Crippen LogP) is 1.45. The minimum absolute atomic E-state index is 0.0378. The minimum atomic E-state index is -0.937. The Morgan fingerprint density at radius 3 is 2.59 bits per heavy atom. The fourth-order valence-electron chi connectivity index (χ4n) is 3.23. The van der Waals surface area contributed by atoms with E-state index in [-0.39, 0.29) is 25.3 Å². The van der Waals surface area contributed by atoms with Crippen LogP contribution in [-0.2, 0) is 25.7 Å². The highest BCUT2D eigenvalue weighted by Gasteiger charge is 2.34.